The summed E-state index contributed by atoms with van der Waals surface area (Å²) in [6.07, 6.45) is 11.3. The van der Waals surface area contributed by atoms with Crippen molar-refractivity contribution in [3.63, 3.8) is 0 Å². The molecule has 1 atom stereocenters. The molecule has 172 valence electrons. The summed E-state index contributed by atoms with van der Waals surface area (Å²) in [6.45, 7) is 2.07. The van der Waals surface area contributed by atoms with Gasteiger partial charge in [0, 0.05) is 38.3 Å². The molecule has 32 heavy (non-hydrogen) atoms. The molecule has 2 aliphatic rings. The first kappa shape index (κ1) is 22.4. The molecule has 0 unspecified atom stereocenters. The van der Waals surface area contributed by atoms with Crippen LogP contribution in [0.4, 0.5) is 0 Å². The molecule has 0 radical (unpaired) electrons. The van der Waals surface area contributed by atoms with Crippen LogP contribution in [0, 0.1) is 0 Å². The quantitative estimate of drug-likeness (QED) is 0.624. The molecule has 2 fully saturated rings. The number of pyridine rings is 1. The van der Waals surface area contributed by atoms with Crippen molar-refractivity contribution in [1.29, 1.82) is 0 Å². The average molecular weight is 441 g/mol. The van der Waals surface area contributed by atoms with E-state index in [2.05, 4.69) is 15.1 Å². The third-order valence-electron chi connectivity index (χ3n) is 6.28. The number of carbonyl (C=O) groups excluding carboxylic acids is 2. The van der Waals surface area contributed by atoms with Crippen molar-refractivity contribution in [1.82, 2.24) is 29.5 Å². The minimum Gasteiger partial charge on any atom is -0.368 e. The van der Waals surface area contributed by atoms with E-state index in [0.29, 0.717) is 39.1 Å². The number of carbonyl (C=O) groups is 2. The normalized spacial score (nSPS) is 20.4. The van der Waals surface area contributed by atoms with E-state index in [4.69, 9.17) is 4.74 Å². The molecule has 3 heterocycles. The lowest BCUT2D eigenvalue weighted by Gasteiger charge is -2.34. The summed E-state index contributed by atoms with van der Waals surface area (Å²) in [5.41, 5.74) is 0.845. The van der Waals surface area contributed by atoms with Crippen LogP contribution in [-0.4, -0.2) is 73.1 Å². The van der Waals surface area contributed by atoms with Gasteiger partial charge in [0.15, 0.2) is 0 Å². The van der Waals surface area contributed by atoms with Gasteiger partial charge in [-0.1, -0.05) is 25.3 Å². The Kier molecular flexibility index (Phi) is 7.82. The third kappa shape index (κ3) is 6.12. The van der Waals surface area contributed by atoms with E-state index >= 15 is 0 Å². The number of ether oxygens (including phenoxy) is 1. The van der Waals surface area contributed by atoms with Gasteiger partial charge >= 0.3 is 0 Å². The highest BCUT2D eigenvalue weighted by Gasteiger charge is 2.34. The summed E-state index contributed by atoms with van der Waals surface area (Å²) in [5, 5.41) is 4.07. The first-order chi connectivity index (χ1) is 15.7. The first-order valence-corrected chi connectivity index (χ1v) is 11.6. The molecule has 2 aromatic heterocycles. The fourth-order valence-electron chi connectivity index (χ4n) is 4.57. The smallest absolute Gasteiger partial charge is 0.242 e. The number of nitrogens with zero attached hydrogens (tertiary/aromatic N) is 6. The predicted octanol–water partition coefficient (Wildman–Crippen LogP) is 2.04. The Morgan fingerprint density at radius 1 is 1.16 bits per heavy atom. The average Bonchev–Trinajstić information content (AvgIpc) is 3.28. The number of hydrogen-bond donors (Lipinski definition) is 0. The molecule has 0 N–H and O–H groups in total. The standard InChI is InChI=1S/C23H32N6O3/c30-22(10-6-12-28-18-24-17-26-28)27-13-21(32-16-19-7-4-5-11-25-19)14-29(23(31)15-27)20-8-2-1-3-9-20/h4-5,7,11,17-18,20-21H,1-3,6,8-10,12-16H2/t21-/m0/s1. The summed E-state index contributed by atoms with van der Waals surface area (Å²) >= 11 is 0. The van der Waals surface area contributed by atoms with Crippen molar-refractivity contribution in [3.8, 4) is 0 Å². The Labute approximate surface area is 188 Å². The highest BCUT2D eigenvalue weighted by atomic mass is 16.5. The van der Waals surface area contributed by atoms with Crippen molar-refractivity contribution >= 4 is 11.8 Å². The molecule has 1 saturated carbocycles. The van der Waals surface area contributed by atoms with E-state index < -0.39 is 0 Å². The summed E-state index contributed by atoms with van der Waals surface area (Å²) in [6, 6.07) is 5.98. The van der Waals surface area contributed by atoms with Crippen molar-refractivity contribution in [2.45, 2.75) is 70.2 Å². The SMILES string of the molecule is O=C(CCCn1cncn1)N1CC(=O)N(C2CCCCC2)C[C@@H](OCc2ccccn2)C1. The second kappa shape index (κ2) is 11.2. The summed E-state index contributed by atoms with van der Waals surface area (Å²) in [5.74, 6) is 0.0147. The molecule has 1 aliphatic carbocycles. The Morgan fingerprint density at radius 2 is 2.03 bits per heavy atom. The van der Waals surface area contributed by atoms with Crippen LogP contribution in [0.25, 0.3) is 0 Å². The zero-order chi connectivity index (χ0) is 22.2. The predicted molar refractivity (Wildman–Crippen MR) is 117 cm³/mol. The summed E-state index contributed by atoms with van der Waals surface area (Å²) in [4.78, 5) is 38.0. The van der Waals surface area contributed by atoms with Crippen molar-refractivity contribution < 1.29 is 14.3 Å². The van der Waals surface area contributed by atoms with Crippen LogP contribution in [-0.2, 0) is 27.5 Å². The molecule has 0 bridgehead atoms. The minimum atomic E-state index is -0.232. The van der Waals surface area contributed by atoms with Gasteiger partial charge in [0.2, 0.25) is 11.8 Å². The lowest BCUT2D eigenvalue weighted by molar-refractivity contribution is -0.140. The molecule has 9 nitrogen and oxygen atoms in total. The van der Waals surface area contributed by atoms with Crippen molar-refractivity contribution in [2.75, 3.05) is 19.6 Å². The largest absolute Gasteiger partial charge is 0.368 e. The van der Waals surface area contributed by atoms with E-state index in [1.165, 1.54) is 12.7 Å². The van der Waals surface area contributed by atoms with Crippen LogP contribution >= 0.6 is 0 Å². The van der Waals surface area contributed by atoms with Gasteiger partial charge in [0.1, 0.15) is 12.7 Å². The molecular formula is C23H32N6O3. The maximum Gasteiger partial charge on any atom is 0.242 e. The summed E-state index contributed by atoms with van der Waals surface area (Å²) in [7, 11) is 0. The van der Waals surface area contributed by atoms with Gasteiger partial charge < -0.3 is 14.5 Å². The van der Waals surface area contributed by atoms with E-state index in [1.807, 2.05) is 23.1 Å². The molecule has 2 amide bonds. The van der Waals surface area contributed by atoms with Gasteiger partial charge in [0.05, 0.1) is 24.9 Å². The molecule has 4 rings (SSSR count). The Balaban J connectivity index is 1.40. The van der Waals surface area contributed by atoms with Crippen LogP contribution < -0.4 is 0 Å². The summed E-state index contributed by atoms with van der Waals surface area (Å²) < 4.78 is 7.90. The third-order valence-corrected chi connectivity index (χ3v) is 6.28. The van der Waals surface area contributed by atoms with Gasteiger partial charge in [-0.3, -0.25) is 19.3 Å². The molecule has 1 saturated heterocycles. The van der Waals surface area contributed by atoms with E-state index in [0.717, 1.165) is 31.4 Å². The number of rotatable bonds is 8. The number of hydrogen-bond acceptors (Lipinski definition) is 6. The number of aromatic nitrogens is 4. The second-order valence-corrected chi connectivity index (χ2v) is 8.63. The Bertz CT molecular complexity index is 854. The van der Waals surface area contributed by atoms with Crippen LogP contribution in [0.1, 0.15) is 50.6 Å². The van der Waals surface area contributed by atoms with E-state index in [-0.39, 0.29) is 30.5 Å². The van der Waals surface area contributed by atoms with Gasteiger partial charge in [0.25, 0.3) is 0 Å². The van der Waals surface area contributed by atoms with Crippen molar-refractivity contribution in [3.05, 3.63) is 42.7 Å². The highest BCUT2D eigenvalue weighted by Crippen LogP contribution is 2.25. The fraction of sp³-hybridized carbons (Fsp3) is 0.609. The topological polar surface area (TPSA) is 93.5 Å². The lowest BCUT2D eigenvalue weighted by atomic mass is 9.94. The van der Waals surface area contributed by atoms with Gasteiger partial charge in [-0.05, 0) is 31.4 Å². The molecular weight excluding hydrogens is 408 g/mol. The monoisotopic (exact) mass is 440 g/mol. The molecule has 9 heteroatoms. The maximum atomic E-state index is 13.2. The molecule has 2 aromatic rings. The zero-order valence-corrected chi connectivity index (χ0v) is 18.5. The van der Waals surface area contributed by atoms with Gasteiger partial charge in [-0.15, -0.1) is 0 Å². The Morgan fingerprint density at radius 3 is 2.78 bits per heavy atom. The first-order valence-electron chi connectivity index (χ1n) is 11.6. The lowest BCUT2D eigenvalue weighted by Crippen LogP contribution is -2.46. The van der Waals surface area contributed by atoms with Crippen LogP contribution in [0.5, 0.6) is 0 Å². The van der Waals surface area contributed by atoms with Crippen LogP contribution in [0.3, 0.4) is 0 Å². The minimum absolute atomic E-state index is 0.0182. The fourth-order valence-corrected chi connectivity index (χ4v) is 4.57. The number of amides is 2. The highest BCUT2D eigenvalue weighted by molar-refractivity contribution is 5.85. The Hall–Kier alpha value is -2.81. The second-order valence-electron chi connectivity index (χ2n) is 8.63. The van der Waals surface area contributed by atoms with Crippen LogP contribution in [0.15, 0.2) is 37.1 Å². The zero-order valence-electron chi connectivity index (χ0n) is 18.5. The van der Waals surface area contributed by atoms with Gasteiger partial charge in [-0.2, -0.15) is 5.10 Å². The van der Waals surface area contributed by atoms with E-state index in [9.17, 15) is 9.59 Å². The molecule has 1 aliphatic heterocycles. The number of aryl methyl sites for hydroxylation is 1. The maximum absolute atomic E-state index is 13.2. The van der Waals surface area contributed by atoms with Crippen LogP contribution in [0.2, 0.25) is 0 Å². The van der Waals surface area contributed by atoms with E-state index in [1.54, 1.807) is 22.1 Å². The molecule has 0 spiro atoms. The van der Waals surface area contributed by atoms with Gasteiger partial charge in [-0.25, -0.2) is 4.98 Å². The van der Waals surface area contributed by atoms with Crippen molar-refractivity contribution in [2.24, 2.45) is 0 Å². The molecule has 0 aromatic carbocycles.